The van der Waals surface area contributed by atoms with Gasteiger partial charge in [-0.15, -0.1) is 11.6 Å². The van der Waals surface area contributed by atoms with Crippen LogP contribution in [0, 0.1) is 5.41 Å². The first kappa shape index (κ1) is 6.30. The molecule has 0 atom stereocenters. The van der Waals surface area contributed by atoms with E-state index in [0.717, 1.165) is 0 Å². The summed E-state index contributed by atoms with van der Waals surface area (Å²) in [5.41, 5.74) is -0.318. The summed E-state index contributed by atoms with van der Waals surface area (Å²) < 4.78 is 16.7. The van der Waals surface area contributed by atoms with Gasteiger partial charge in [0.15, 0.2) is 0 Å². The van der Waals surface area contributed by atoms with E-state index in [0.29, 0.717) is 19.1 Å². The molecule has 0 aliphatic carbocycles. The van der Waals surface area contributed by atoms with Gasteiger partial charge in [-0.1, -0.05) is 0 Å². The van der Waals surface area contributed by atoms with Gasteiger partial charge >= 0.3 is 0 Å². The molecule has 0 unspecified atom stereocenters. The maximum absolute atomic E-state index is 11.9. The molecule has 1 rings (SSSR count). The molecular formula is C5H8ClFO. The van der Waals surface area contributed by atoms with Crippen LogP contribution in [0.3, 0.4) is 0 Å². The molecule has 3 heteroatoms. The van der Waals surface area contributed by atoms with Crippen LogP contribution < -0.4 is 0 Å². The predicted molar refractivity (Wildman–Crippen MR) is 29.9 cm³/mol. The van der Waals surface area contributed by atoms with Crippen molar-refractivity contribution in [2.24, 2.45) is 5.41 Å². The molecule has 1 nitrogen and oxygen atoms in total. The van der Waals surface area contributed by atoms with E-state index >= 15 is 0 Å². The summed E-state index contributed by atoms with van der Waals surface area (Å²) >= 11 is 5.44. The first-order valence-corrected chi connectivity index (χ1v) is 3.06. The largest absolute Gasteiger partial charge is 0.380 e. The van der Waals surface area contributed by atoms with Gasteiger partial charge in [0.25, 0.3) is 0 Å². The minimum atomic E-state index is -0.351. The van der Waals surface area contributed by atoms with Crippen molar-refractivity contribution >= 4 is 11.6 Å². The Morgan fingerprint density at radius 3 is 2.25 bits per heavy atom. The Morgan fingerprint density at radius 2 is 2.25 bits per heavy atom. The third kappa shape index (κ3) is 0.825. The Hall–Kier alpha value is 0.180. The second-order valence-corrected chi connectivity index (χ2v) is 2.53. The van der Waals surface area contributed by atoms with E-state index in [4.69, 9.17) is 16.3 Å². The van der Waals surface area contributed by atoms with Crippen LogP contribution in [0.5, 0.6) is 0 Å². The molecule has 1 saturated heterocycles. The lowest BCUT2D eigenvalue weighted by Crippen LogP contribution is -2.45. The Balaban J connectivity index is 2.33. The monoisotopic (exact) mass is 138 g/mol. The second kappa shape index (κ2) is 2.19. The third-order valence-electron chi connectivity index (χ3n) is 1.38. The van der Waals surface area contributed by atoms with Gasteiger partial charge in [-0.25, -0.2) is 0 Å². The van der Waals surface area contributed by atoms with Crippen LogP contribution in [0.15, 0.2) is 0 Å². The number of ether oxygens (including phenoxy) is 1. The van der Waals surface area contributed by atoms with Crippen molar-refractivity contribution in [2.75, 3.05) is 25.8 Å². The first-order valence-electron chi connectivity index (χ1n) is 2.53. The zero-order chi connectivity index (χ0) is 6.04. The van der Waals surface area contributed by atoms with Gasteiger partial charge in [0, 0.05) is 5.88 Å². The summed E-state index contributed by atoms with van der Waals surface area (Å²) in [5, 5.41) is 0. The summed E-state index contributed by atoms with van der Waals surface area (Å²) in [6.45, 7) is 0.635. The maximum atomic E-state index is 11.9. The van der Waals surface area contributed by atoms with Gasteiger partial charge < -0.3 is 4.74 Å². The molecule has 1 fully saturated rings. The van der Waals surface area contributed by atoms with E-state index in [-0.39, 0.29) is 12.1 Å². The van der Waals surface area contributed by atoms with E-state index < -0.39 is 0 Å². The van der Waals surface area contributed by atoms with Crippen molar-refractivity contribution in [3.63, 3.8) is 0 Å². The number of alkyl halides is 2. The van der Waals surface area contributed by atoms with E-state index in [1.54, 1.807) is 0 Å². The van der Waals surface area contributed by atoms with Crippen molar-refractivity contribution in [2.45, 2.75) is 0 Å². The SMILES string of the molecule is FCC1(CCl)COC1. The van der Waals surface area contributed by atoms with E-state index in [1.165, 1.54) is 0 Å². The molecule has 8 heavy (non-hydrogen) atoms. The van der Waals surface area contributed by atoms with Crippen molar-refractivity contribution in [3.8, 4) is 0 Å². The van der Waals surface area contributed by atoms with Gasteiger partial charge in [0.2, 0.25) is 0 Å². The maximum Gasteiger partial charge on any atom is 0.101 e. The third-order valence-corrected chi connectivity index (χ3v) is 1.95. The molecule has 0 bridgehead atoms. The predicted octanol–water partition coefficient (Wildman–Crippen LogP) is 1.21. The Morgan fingerprint density at radius 1 is 1.62 bits per heavy atom. The van der Waals surface area contributed by atoms with Crippen molar-refractivity contribution in [1.82, 2.24) is 0 Å². The average Bonchev–Trinajstić information content (AvgIpc) is 1.67. The molecular weight excluding hydrogens is 131 g/mol. The molecule has 1 aliphatic heterocycles. The van der Waals surface area contributed by atoms with Gasteiger partial charge in [0.05, 0.1) is 18.6 Å². The van der Waals surface area contributed by atoms with Crippen LogP contribution in [-0.4, -0.2) is 25.8 Å². The van der Waals surface area contributed by atoms with Gasteiger partial charge in [-0.3, -0.25) is 4.39 Å². The Bertz CT molecular complexity index is 69.0. The molecule has 0 aromatic carbocycles. The molecule has 0 N–H and O–H groups in total. The summed E-state index contributed by atoms with van der Waals surface area (Å²) in [4.78, 5) is 0. The molecule has 1 heterocycles. The zero-order valence-electron chi connectivity index (χ0n) is 4.49. The van der Waals surface area contributed by atoms with Crippen LogP contribution in [0.25, 0.3) is 0 Å². The lowest BCUT2D eigenvalue weighted by atomic mass is 9.90. The first-order chi connectivity index (χ1) is 3.83. The van der Waals surface area contributed by atoms with Gasteiger partial charge in [0.1, 0.15) is 6.67 Å². The fraction of sp³-hybridized carbons (Fsp3) is 1.00. The molecule has 0 aromatic heterocycles. The highest BCUT2D eigenvalue weighted by Gasteiger charge is 2.37. The molecule has 0 radical (unpaired) electrons. The number of halogens is 2. The molecule has 0 aromatic rings. The van der Waals surface area contributed by atoms with E-state index in [2.05, 4.69) is 0 Å². The highest BCUT2D eigenvalue weighted by Crippen LogP contribution is 2.28. The van der Waals surface area contributed by atoms with Gasteiger partial charge in [-0.05, 0) is 0 Å². The van der Waals surface area contributed by atoms with Gasteiger partial charge in [-0.2, -0.15) is 0 Å². The molecule has 0 saturated carbocycles. The Kier molecular flexibility index (Phi) is 1.73. The fourth-order valence-electron chi connectivity index (χ4n) is 0.581. The Labute approximate surface area is 52.8 Å². The standard InChI is InChI=1S/C5H8ClFO/c6-1-5(2-7)3-8-4-5/h1-4H2. The summed E-state index contributed by atoms with van der Waals surface area (Å²) in [6, 6.07) is 0. The van der Waals surface area contributed by atoms with Crippen LogP contribution in [-0.2, 0) is 4.74 Å². The number of hydrogen-bond acceptors (Lipinski definition) is 1. The minimum Gasteiger partial charge on any atom is -0.380 e. The normalized spacial score (nSPS) is 24.8. The minimum absolute atomic E-state index is 0.318. The van der Waals surface area contributed by atoms with Crippen molar-refractivity contribution < 1.29 is 9.13 Å². The summed E-state index contributed by atoms with van der Waals surface area (Å²) in [5.74, 6) is 0.378. The summed E-state index contributed by atoms with van der Waals surface area (Å²) in [7, 11) is 0. The number of rotatable bonds is 2. The van der Waals surface area contributed by atoms with Crippen molar-refractivity contribution in [3.05, 3.63) is 0 Å². The van der Waals surface area contributed by atoms with Crippen LogP contribution in [0.4, 0.5) is 4.39 Å². The topological polar surface area (TPSA) is 9.23 Å². The molecule has 1 aliphatic rings. The smallest absolute Gasteiger partial charge is 0.101 e. The second-order valence-electron chi connectivity index (χ2n) is 2.26. The lowest BCUT2D eigenvalue weighted by molar-refractivity contribution is -0.109. The average molecular weight is 139 g/mol. The van der Waals surface area contributed by atoms with E-state index in [9.17, 15) is 4.39 Å². The zero-order valence-corrected chi connectivity index (χ0v) is 5.25. The van der Waals surface area contributed by atoms with Crippen LogP contribution in [0.2, 0.25) is 0 Å². The molecule has 0 spiro atoms. The molecule has 48 valence electrons. The quantitative estimate of drug-likeness (QED) is 0.522. The molecule has 0 amide bonds. The van der Waals surface area contributed by atoms with E-state index in [1.807, 2.05) is 0 Å². The highest BCUT2D eigenvalue weighted by molar-refractivity contribution is 6.18. The lowest BCUT2D eigenvalue weighted by Gasteiger charge is -2.36. The summed E-state index contributed by atoms with van der Waals surface area (Å²) in [6.07, 6.45) is 0. The van der Waals surface area contributed by atoms with Crippen molar-refractivity contribution in [1.29, 1.82) is 0 Å². The number of hydrogen-bond donors (Lipinski definition) is 0. The van der Waals surface area contributed by atoms with Crippen LogP contribution in [0.1, 0.15) is 0 Å². The van der Waals surface area contributed by atoms with Crippen LogP contribution >= 0.6 is 11.6 Å². The highest BCUT2D eigenvalue weighted by atomic mass is 35.5. The fourth-order valence-corrected chi connectivity index (χ4v) is 0.806.